The fraction of sp³-hybridized carbons (Fsp3) is 0.684. The highest BCUT2D eigenvalue weighted by Crippen LogP contribution is 2.35. The van der Waals surface area contributed by atoms with Gasteiger partial charge in [0.05, 0.1) is 25.9 Å². The van der Waals surface area contributed by atoms with Gasteiger partial charge in [-0.3, -0.25) is 4.90 Å². The third kappa shape index (κ3) is 4.54. The van der Waals surface area contributed by atoms with Gasteiger partial charge >= 0.3 is 0 Å². The molecule has 3 atom stereocenters. The minimum atomic E-state index is -0.172. The molecule has 1 saturated heterocycles. The second-order valence-corrected chi connectivity index (χ2v) is 7.22. The van der Waals surface area contributed by atoms with E-state index >= 15 is 0 Å². The molecule has 1 aromatic carbocycles. The molecule has 0 radical (unpaired) electrons. The summed E-state index contributed by atoms with van der Waals surface area (Å²) >= 11 is 0. The Balaban J connectivity index is 1.52. The predicted octanol–water partition coefficient (Wildman–Crippen LogP) is 2.38. The molecular weight excluding hydrogens is 307 g/mol. The molecule has 134 valence electrons. The molecule has 1 aliphatic heterocycles. The number of fused-ring (bicyclic) bond motifs is 1. The van der Waals surface area contributed by atoms with Crippen LogP contribution in [0.3, 0.4) is 0 Å². The molecule has 4 nitrogen and oxygen atoms in total. The Morgan fingerprint density at radius 1 is 1.25 bits per heavy atom. The number of likely N-dealkylation sites (N-methyl/N-ethyl adjacent to an activating group) is 1. The van der Waals surface area contributed by atoms with Gasteiger partial charge in [-0.05, 0) is 44.6 Å². The Bertz CT molecular complexity index is 509. The normalized spacial score (nSPS) is 27.6. The van der Waals surface area contributed by atoms with Crippen molar-refractivity contribution in [2.75, 3.05) is 47.0 Å². The second kappa shape index (κ2) is 8.39. The topological polar surface area (TPSA) is 24.9 Å². The maximum Gasteiger partial charge on any atom is 0.123 e. The van der Waals surface area contributed by atoms with Crippen molar-refractivity contribution < 1.29 is 13.9 Å². The van der Waals surface area contributed by atoms with Gasteiger partial charge in [0.25, 0.3) is 0 Å². The summed E-state index contributed by atoms with van der Waals surface area (Å²) in [4.78, 5) is 4.64. The Hall–Kier alpha value is -1.01. The van der Waals surface area contributed by atoms with Gasteiger partial charge in [0.15, 0.2) is 0 Å². The highest BCUT2D eigenvalue weighted by atomic mass is 19.1. The third-order valence-electron chi connectivity index (χ3n) is 5.15. The molecule has 0 N–H and O–H groups in total. The van der Waals surface area contributed by atoms with E-state index in [1.54, 1.807) is 12.1 Å². The summed E-state index contributed by atoms with van der Waals surface area (Å²) in [6.45, 7) is 5.13. The molecule has 0 amide bonds. The molecule has 1 saturated carbocycles. The quantitative estimate of drug-likeness (QED) is 0.714. The van der Waals surface area contributed by atoms with E-state index in [2.05, 4.69) is 23.9 Å². The summed E-state index contributed by atoms with van der Waals surface area (Å²) in [5, 5.41) is 0. The number of morpholine rings is 1. The van der Waals surface area contributed by atoms with Crippen LogP contribution in [0.4, 0.5) is 4.39 Å². The molecule has 24 heavy (non-hydrogen) atoms. The smallest absolute Gasteiger partial charge is 0.123 e. The monoisotopic (exact) mass is 336 g/mol. The average molecular weight is 336 g/mol. The first kappa shape index (κ1) is 17.8. The van der Waals surface area contributed by atoms with E-state index in [-0.39, 0.29) is 11.9 Å². The van der Waals surface area contributed by atoms with Gasteiger partial charge in [-0.1, -0.05) is 12.1 Å². The highest BCUT2D eigenvalue weighted by molar-refractivity contribution is 5.16. The van der Waals surface area contributed by atoms with E-state index in [0.29, 0.717) is 12.0 Å². The number of hydrogen-bond donors (Lipinski definition) is 0. The lowest BCUT2D eigenvalue weighted by atomic mass is 10.0. The molecule has 2 aliphatic rings. The first-order valence-electron chi connectivity index (χ1n) is 8.96. The van der Waals surface area contributed by atoms with Crippen LogP contribution >= 0.6 is 0 Å². The van der Waals surface area contributed by atoms with E-state index in [0.717, 1.165) is 52.3 Å². The van der Waals surface area contributed by atoms with Gasteiger partial charge in [0.2, 0.25) is 0 Å². The van der Waals surface area contributed by atoms with Crippen molar-refractivity contribution >= 4 is 0 Å². The summed E-state index contributed by atoms with van der Waals surface area (Å²) in [7, 11) is 4.12. The molecule has 2 fully saturated rings. The van der Waals surface area contributed by atoms with E-state index < -0.39 is 0 Å². The lowest BCUT2D eigenvalue weighted by molar-refractivity contribution is -0.0883. The standard InChI is InChI=1S/C19H29FN2O2/c1-21(2)9-11-23-14-16-5-8-18-19(16)24-12-10-22(18)13-15-3-6-17(20)7-4-15/h3-4,6-7,16,18-19H,5,8-14H2,1-2H3. The van der Waals surface area contributed by atoms with Gasteiger partial charge in [0, 0.05) is 31.6 Å². The summed E-state index contributed by atoms with van der Waals surface area (Å²) in [6, 6.07) is 7.33. The zero-order chi connectivity index (χ0) is 16.9. The van der Waals surface area contributed by atoms with Crippen molar-refractivity contribution in [1.29, 1.82) is 0 Å². The highest BCUT2D eigenvalue weighted by Gasteiger charge is 2.42. The van der Waals surface area contributed by atoms with Crippen LogP contribution in [-0.2, 0) is 16.0 Å². The van der Waals surface area contributed by atoms with Gasteiger partial charge in [0.1, 0.15) is 5.82 Å². The van der Waals surface area contributed by atoms with Crippen LogP contribution in [0.5, 0.6) is 0 Å². The molecule has 1 heterocycles. The molecular formula is C19H29FN2O2. The van der Waals surface area contributed by atoms with Gasteiger partial charge in [-0.2, -0.15) is 0 Å². The Morgan fingerprint density at radius 2 is 2.04 bits per heavy atom. The molecule has 5 heteroatoms. The summed E-state index contributed by atoms with van der Waals surface area (Å²) in [5.41, 5.74) is 1.17. The van der Waals surface area contributed by atoms with Crippen LogP contribution in [0, 0.1) is 11.7 Å². The number of rotatable bonds is 7. The zero-order valence-electron chi connectivity index (χ0n) is 14.8. The number of hydrogen-bond acceptors (Lipinski definition) is 4. The van der Waals surface area contributed by atoms with Crippen LogP contribution in [0.15, 0.2) is 24.3 Å². The number of benzene rings is 1. The summed E-state index contributed by atoms with van der Waals surface area (Å²) in [6.07, 6.45) is 2.60. The van der Waals surface area contributed by atoms with Crippen LogP contribution in [0.2, 0.25) is 0 Å². The number of nitrogens with zero attached hydrogens (tertiary/aromatic N) is 2. The maximum atomic E-state index is 13.1. The minimum absolute atomic E-state index is 0.172. The van der Waals surface area contributed by atoms with Gasteiger partial charge in [-0.15, -0.1) is 0 Å². The summed E-state index contributed by atoms with van der Waals surface area (Å²) < 4.78 is 25.0. The molecule has 1 aromatic rings. The number of halogens is 1. The summed E-state index contributed by atoms with van der Waals surface area (Å²) in [5.74, 6) is 0.322. The fourth-order valence-electron chi connectivity index (χ4n) is 3.82. The van der Waals surface area contributed by atoms with Crippen LogP contribution in [0.25, 0.3) is 0 Å². The van der Waals surface area contributed by atoms with Gasteiger partial charge in [-0.25, -0.2) is 4.39 Å². The second-order valence-electron chi connectivity index (χ2n) is 7.22. The van der Waals surface area contributed by atoms with Crippen molar-refractivity contribution in [3.63, 3.8) is 0 Å². The Labute approximate surface area is 144 Å². The van der Waals surface area contributed by atoms with Crippen molar-refractivity contribution in [1.82, 2.24) is 9.80 Å². The SMILES string of the molecule is CN(C)CCOCC1CCC2C1OCCN2Cc1ccc(F)cc1. The first-order valence-corrected chi connectivity index (χ1v) is 8.96. The van der Waals surface area contributed by atoms with Crippen molar-refractivity contribution in [3.8, 4) is 0 Å². The van der Waals surface area contributed by atoms with E-state index in [1.165, 1.54) is 5.56 Å². The average Bonchev–Trinajstić information content (AvgIpc) is 2.98. The van der Waals surface area contributed by atoms with Crippen molar-refractivity contribution in [3.05, 3.63) is 35.6 Å². The zero-order valence-corrected chi connectivity index (χ0v) is 14.8. The molecule has 3 rings (SSSR count). The largest absolute Gasteiger partial charge is 0.380 e. The Kier molecular flexibility index (Phi) is 6.22. The maximum absolute atomic E-state index is 13.1. The van der Waals surface area contributed by atoms with Gasteiger partial charge < -0.3 is 14.4 Å². The van der Waals surface area contributed by atoms with E-state index in [4.69, 9.17) is 9.47 Å². The van der Waals surface area contributed by atoms with Crippen LogP contribution < -0.4 is 0 Å². The van der Waals surface area contributed by atoms with Crippen molar-refractivity contribution in [2.24, 2.45) is 5.92 Å². The molecule has 1 aliphatic carbocycles. The number of ether oxygens (including phenoxy) is 2. The van der Waals surface area contributed by atoms with Crippen LogP contribution in [0.1, 0.15) is 18.4 Å². The van der Waals surface area contributed by atoms with Crippen LogP contribution in [-0.4, -0.2) is 69.0 Å². The van der Waals surface area contributed by atoms with E-state index in [9.17, 15) is 4.39 Å². The van der Waals surface area contributed by atoms with Crippen molar-refractivity contribution in [2.45, 2.75) is 31.5 Å². The van der Waals surface area contributed by atoms with E-state index in [1.807, 2.05) is 12.1 Å². The molecule has 3 unspecified atom stereocenters. The molecule has 0 aromatic heterocycles. The third-order valence-corrected chi connectivity index (χ3v) is 5.15. The Morgan fingerprint density at radius 3 is 2.79 bits per heavy atom. The predicted molar refractivity (Wildman–Crippen MR) is 92.4 cm³/mol. The first-order chi connectivity index (χ1) is 11.6. The lowest BCUT2D eigenvalue weighted by Gasteiger charge is -2.39. The molecule has 0 spiro atoms. The minimum Gasteiger partial charge on any atom is -0.380 e. The fourth-order valence-corrected chi connectivity index (χ4v) is 3.82. The lowest BCUT2D eigenvalue weighted by Crippen LogP contribution is -2.50. The molecule has 0 bridgehead atoms.